The minimum absolute atomic E-state index is 0.371. The van der Waals surface area contributed by atoms with Crippen LogP contribution < -0.4 is 0 Å². The quantitative estimate of drug-likeness (QED) is 0.449. The van der Waals surface area contributed by atoms with Gasteiger partial charge in [-0.05, 0) is 68.6 Å². The Morgan fingerprint density at radius 1 is 1.03 bits per heavy atom. The molecule has 31 heavy (non-hydrogen) atoms. The van der Waals surface area contributed by atoms with Gasteiger partial charge in [-0.1, -0.05) is 16.8 Å². The fraction of sp³-hybridized carbons (Fsp3) is 0.391. The second-order valence-electron chi connectivity index (χ2n) is 8.72. The SMILES string of the molecule is CN1Cc2cc(Cl)ccc2-n2c(nnc2[C@H]2CC[C@H](c3noc4cccnc43)CC2)C1. The molecule has 7 nitrogen and oxygen atoms in total. The van der Waals surface area contributed by atoms with Crippen molar-refractivity contribution >= 4 is 22.7 Å². The molecule has 1 aromatic carbocycles. The Balaban J connectivity index is 1.30. The fourth-order valence-electron chi connectivity index (χ4n) is 5.14. The first kappa shape index (κ1) is 19.0. The highest BCUT2D eigenvalue weighted by atomic mass is 35.5. The molecular weight excluding hydrogens is 412 g/mol. The van der Waals surface area contributed by atoms with E-state index in [0.717, 1.165) is 77.9 Å². The van der Waals surface area contributed by atoms with E-state index in [1.54, 1.807) is 6.20 Å². The van der Waals surface area contributed by atoms with Gasteiger partial charge in [-0.2, -0.15) is 0 Å². The van der Waals surface area contributed by atoms with Gasteiger partial charge in [-0.15, -0.1) is 10.2 Å². The van der Waals surface area contributed by atoms with Gasteiger partial charge in [-0.25, -0.2) is 0 Å². The second kappa shape index (κ2) is 7.43. The van der Waals surface area contributed by atoms with E-state index >= 15 is 0 Å². The average Bonchev–Trinajstić information content (AvgIpc) is 3.35. The molecule has 2 aliphatic rings. The van der Waals surface area contributed by atoms with Gasteiger partial charge in [-0.3, -0.25) is 14.5 Å². The van der Waals surface area contributed by atoms with E-state index in [-0.39, 0.29) is 0 Å². The summed E-state index contributed by atoms with van der Waals surface area (Å²) in [6.45, 7) is 1.61. The molecule has 4 aromatic rings. The van der Waals surface area contributed by atoms with Gasteiger partial charge in [0.15, 0.2) is 11.4 Å². The largest absolute Gasteiger partial charge is 0.354 e. The molecule has 0 radical (unpaired) electrons. The minimum atomic E-state index is 0.371. The summed E-state index contributed by atoms with van der Waals surface area (Å²) < 4.78 is 7.77. The van der Waals surface area contributed by atoms with Gasteiger partial charge in [0, 0.05) is 29.6 Å². The van der Waals surface area contributed by atoms with Crippen molar-refractivity contribution in [1.82, 2.24) is 29.8 Å². The molecule has 4 heterocycles. The smallest absolute Gasteiger partial charge is 0.185 e. The van der Waals surface area contributed by atoms with Gasteiger partial charge in [0.25, 0.3) is 0 Å². The summed E-state index contributed by atoms with van der Waals surface area (Å²) in [5.74, 6) is 2.80. The highest BCUT2D eigenvalue weighted by Gasteiger charge is 2.32. The van der Waals surface area contributed by atoms with Gasteiger partial charge in [0.1, 0.15) is 17.0 Å². The van der Waals surface area contributed by atoms with Crippen molar-refractivity contribution in [2.45, 2.75) is 50.6 Å². The van der Waals surface area contributed by atoms with Crippen molar-refractivity contribution in [2.75, 3.05) is 7.05 Å². The molecule has 0 bridgehead atoms. The predicted molar refractivity (Wildman–Crippen MR) is 117 cm³/mol. The van der Waals surface area contributed by atoms with E-state index in [0.29, 0.717) is 11.8 Å². The highest BCUT2D eigenvalue weighted by Crippen LogP contribution is 2.42. The van der Waals surface area contributed by atoms with Crippen LogP contribution in [0.2, 0.25) is 5.02 Å². The number of pyridine rings is 1. The number of hydrogen-bond acceptors (Lipinski definition) is 6. The predicted octanol–water partition coefficient (Wildman–Crippen LogP) is 4.84. The third-order valence-electron chi connectivity index (χ3n) is 6.62. The summed E-state index contributed by atoms with van der Waals surface area (Å²) in [5.41, 5.74) is 5.02. The molecule has 0 N–H and O–H groups in total. The van der Waals surface area contributed by atoms with Crippen molar-refractivity contribution in [1.29, 1.82) is 0 Å². The molecule has 8 heteroatoms. The normalized spacial score (nSPS) is 21.6. The average molecular weight is 435 g/mol. The van der Waals surface area contributed by atoms with E-state index in [2.05, 4.69) is 49.0 Å². The van der Waals surface area contributed by atoms with Crippen molar-refractivity contribution in [3.05, 3.63) is 64.5 Å². The molecule has 1 fully saturated rings. The van der Waals surface area contributed by atoms with E-state index in [1.807, 2.05) is 18.2 Å². The minimum Gasteiger partial charge on any atom is -0.354 e. The first-order valence-corrected chi connectivity index (χ1v) is 11.2. The number of halogens is 1. The fourth-order valence-corrected chi connectivity index (χ4v) is 5.33. The lowest BCUT2D eigenvalue weighted by molar-refractivity contribution is 0.315. The van der Waals surface area contributed by atoms with Crippen LogP contribution in [0.5, 0.6) is 0 Å². The maximum atomic E-state index is 6.30. The summed E-state index contributed by atoms with van der Waals surface area (Å²) >= 11 is 6.30. The molecule has 1 aliphatic heterocycles. The van der Waals surface area contributed by atoms with Gasteiger partial charge in [0.05, 0.1) is 12.2 Å². The standard InChI is InChI=1S/C23H23ClN6O/c1-29-12-16-11-17(24)8-9-18(16)30-20(13-29)26-27-23(30)15-6-4-14(5-7-15)21-22-19(31-28-21)3-2-10-25-22/h2-3,8-11,14-15H,4-7,12-13H2,1H3/t14-,15-. The maximum absolute atomic E-state index is 6.30. The van der Waals surface area contributed by atoms with Crippen LogP contribution in [-0.4, -0.2) is 36.9 Å². The Bertz CT molecular complexity index is 1260. The van der Waals surface area contributed by atoms with Gasteiger partial charge < -0.3 is 4.52 Å². The number of rotatable bonds is 2. The Kier molecular flexibility index (Phi) is 4.54. The first-order chi connectivity index (χ1) is 15.2. The van der Waals surface area contributed by atoms with Gasteiger partial charge >= 0.3 is 0 Å². The van der Waals surface area contributed by atoms with Crippen LogP contribution in [0.1, 0.15) is 60.4 Å². The van der Waals surface area contributed by atoms with Crippen LogP contribution in [-0.2, 0) is 13.1 Å². The zero-order valence-corrected chi connectivity index (χ0v) is 18.1. The Labute approximate surface area is 185 Å². The molecule has 1 aliphatic carbocycles. The lowest BCUT2D eigenvalue weighted by Gasteiger charge is -2.27. The van der Waals surface area contributed by atoms with Crippen molar-refractivity contribution in [2.24, 2.45) is 0 Å². The topological polar surface area (TPSA) is 72.9 Å². The summed E-state index contributed by atoms with van der Waals surface area (Å²) in [5, 5.41) is 14.3. The van der Waals surface area contributed by atoms with Gasteiger partial charge in [0.2, 0.25) is 0 Å². The van der Waals surface area contributed by atoms with E-state index < -0.39 is 0 Å². The zero-order chi connectivity index (χ0) is 20.9. The molecule has 158 valence electrons. The number of benzene rings is 1. The molecule has 6 rings (SSSR count). The number of nitrogens with zero attached hydrogens (tertiary/aromatic N) is 6. The van der Waals surface area contributed by atoms with Crippen LogP contribution in [0.3, 0.4) is 0 Å². The van der Waals surface area contributed by atoms with Crippen molar-refractivity contribution in [3.63, 3.8) is 0 Å². The van der Waals surface area contributed by atoms with Crippen LogP contribution in [0.15, 0.2) is 41.1 Å². The molecule has 0 spiro atoms. The highest BCUT2D eigenvalue weighted by molar-refractivity contribution is 6.30. The number of aromatic nitrogens is 5. The molecular formula is C23H23ClN6O. The second-order valence-corrected chi connectivity index (χ2v) is 9.16. The monoisotopic (exact) mass is 434 g/mol. The number of hydrogen-bond donors (Lipinski definition) is 0. The molecule has 0 amide bonds. The van der Waals surface area contributed by atoms with Crippen molar-refractivity contribution < 1.29 is 4.52 Å². The maximum Gasteiger partial charge on any atom is 0.185 e. The molecule has 0 saturated heterocycles. The summed E-state index contributed by atoms with van der Waals surface area (Å²) in [6.07, 6.45) is 5.98. The Morgan fingerprint density at radius 3 is 2.74 bits per heavy atom. The first-order valence-electron chi connectivity index (χ1n) is 10.8. The summed E-state index contributed by atoms with van der Waals surface area (Å²) in [7, 11) is 2.11. The lowest BCUT2D eigenvalue weighted by Crippen LogP contribution is -2.17. The Hall–Kier alpha value is -2.77. The summed E-state index contributed by atoms with van der Waals surface area (Å²) in [6, 6.07) is 9.93. The third-order valence-corrected chi connectivity index (χ3v) is 6.86. The van der Waals surface area contributed by atoms with Crippen LogP contribution in [0.4, 0.5) is 0 Å². The summed E-state index contributed by atoms with van der Waals surface area (Å²) in [4.78, 5) is 6.75. The zero-order valence-electron chi connectivity index (χ0n) is 17.3. The van der Waals surface area contributed by atoms with Crippen LogP contribution in [0, 0.1) is 0 Å². The van der Waals surface area contributed by atoms with E-state index in [9.17, 15) is 0 Å². The van der Waals surface area contributed by atoms with Crippen LogP contribution in [0.25, 0.3) is 16.8 Å². The Morgan fingerprint density at radius 2 is 1.87 bits per heavy atom. The number of fused-ring (bicyclic) bond motifs is 4. The molecule has 1 saturated carbocycles. The lowest BCUT2D eigenvalue weighted by atomic mass is 9.80. The third kappa shape index (κ3) is 3.23. The van der Waals surface area contributed by atoms with Crippen LogP contribution >= 0.6 is 11.6 Å². The van der Waals surface area contributed by atoms with Crippen molar-refractivity contribution in [3.8, 4) is 5.69 Å². The molecule has 0 unspecified atom stereocenters. The van der Waals surface area contributed by atoms with E-state index in [4.69, 9.17) is 16.1 Å². The van der Waals surface area contributed by atoms with E-state index in [1.165, 1.54) is 5.56 Å². The molecule has 0 atom stereocenters. The molecule has 3 aromatic heterocycles.